The maximum absolute atomic E-state index is 12.9. The number of rotatable bonds is 12. The molecule has 1 aromatic carbocycles. The number of ether oxygens (including phenoxy) is 2. The molecule has 1 atom stereocenters. The Bertz CT molecular complexity index is 619. The molecule has 1 unspecified atom stereocenters. The van der Waals surface area contributed by atoms with Gasteiger partial charge in [0.15, 0.2) is 5.92 Å². The number of hydrogen-bond donors (Lipinski definition) is 0. The van der Waals surface area contributed by atoms with Crippen LogP contribution in [0.5, 0.6) is 0 Å². The lowest BCUT2D eigenvalue weighted by atomic mass is 9.81. The molecule has 0 fully saturated rings. The lowest BCUT2D eigenvalue weighted by Crippen LogP contribution is -2.37. The molecular formula is C21H28O6. The van der Waals surface area contributed by atoms with Crippen LogP contribution in [0.25, 0.3) is 0 Å². The Labute approximate surface area is 160 Å². The molecule has 27 heavy (non-hydrogen) atoms. The van der Waals surface area contributed by atoms with E-state index in [2.05, 4.69) is 0 Å². The molecule has 0 bridgehead atoms. The second kappa shape index (κ2) is 12.0. The molecular weight excluding hydrogens is 348 g/mol. The molecule has 0 saturated heterocycles. The molecule has 0 spiro atoms. The van der Waals surface area contributed by atoms with E-state index in [0.717, 1.165) is 0 Å². The van der Waals surface area contributed by atoms with Crippen molar-refractivity contribution in [3.8, 4) is 0 Å². The predicted octanol–water partition coefficient (Wildman–Crippen LogP) is 3.23. The molecule has 0 N–H and O–H groups in total. The van der Waals surface area contributed by atoms with Crippen molar-refractivity contribution in [2.45, 2.75) is 52.4 Å². The number of hydrogen-bond acceptors (Lipinski definition) is 6. The Hall–Kier alpha value is -2.50. The van der Waals surface area contributed by atoms with Gasteiger partial charge in [-0.2, -0.15) is 0 Å². The third kappa shape index (κ3) is 7.33. The smallest absolute Gasteiger partial charge is 0.321 e. The van der Waals surface area contributed by atoms with Crippen molar-refractivity contribution >= 4 is 23.5 Å². The highest BCUT2D eigenvalue weighted by atomic mass is 16.6. The fraction of sp³-hybridized carbons (Fsp3) is 0.524. The van der Waals surface area contributed by atoms with Crippen molar-refractivity contribution in [3.05, 3.63) is 35.9 Å². The average Bonchev–Trinajstić information content (AvgIpc) is 2.63. The molecule has 0 heterocycles. The van der Waals surface area contributed by atoms with Crippen molar-refractivity contribution in [2.24, 2.45) is 5.92 Å². The van der Waals surface area contributed by atoms with Crippen LogP contribution in [-0.4, -0.2) is 36.7 Å². The van der Waals surface area contributed by atoms with Crippen LogP contribution in [0, 0.1) is 5.92 Å². The molecule has 1 aromatic rings. The van der Waals surface area contributed by atoms with Gasteiger partial charge in [0, 0.05) is 12.8 Å². The highest BCUT2D eigenvalue weighted by Crippen LogP contribution is 2.30. The van der Waals surface area contributed by atoms with Gasteiger partial charge in [-0.1, -0.05) is 30.3 Å². The number of esters is 2. The monoisotopic (exact) mass is 376 g/mol. The topological polar surface area (TPSA) is 86.7 Å². The standard InChI is InChI=1S/C21H28O6/c1-4-26-20(24)19(21(25)27-5-2)18(16-12-7-6-8-13-16)17(23)14-10-9-11-15(3)22/h6-8,12-13,18-19H,4-5,9-11,14H2,1-3H3. The SMILES string of the molecule is CCOC(=O)C(C(=O)OCC)C(C(=O)CCCCC(C)=O)c1ccccc1. The van der Waals surface area contributed by atoms with Crippen molar-refractivity contribution in [1.29, 1.82) is 0 Å². The van der Waals surface area contributed by atoms with Gasteiger partial charge >= 0.3 is 11.9 Å². The molecule has 0 amide bonds. The van der Waals surface area contributed by atoms with E-state index >= 15 is 0 Å². The summed E-state index contributed by atoms with van der Waals surface area (Å²) in [6, 6.07) is 8.71. The Kier molecular flexibility index (Phi) is 10.0. The van der Waals surface area contributed by atoms with Crippen molar-refractivity contribution in [2.75, 3.05) is 13.2 Å². The van der Waals surface area contributed by atoms with E-state index in [1.54, 1.807) is 44.2 Å². The van der Waals surface area contributed by atoms with E-state index in [9.17, 15) is 19.2 Å². The maximum Gasteiger partial charge on any atom is 0.321 e. The molecule has 0 saturated carbocycles. The van der Waals surface area contributed by atoms with Crippen molar-refractivity contribution in [3.63, 3.8) is 0 Å². The molecule has 148 valence electrons. The number of carbonyl (C=O) groups excluding carboxylic acids is 4. The first-order valence-electron chi connectivity index (χ1n) is 9.32. The van der Waals surface area contributed by atoms with Crippen LogP contribution in [0.15, 0.2) is 30.3 Å². The number of Topliss-reactive ketones (excluding diaryl/α,β-unsaturated/α-hetero) is 2. The molecule has 0 aliphatic carbocycles. The maximum atomic E-state index is 12.9. The summed E-state index contributed by atoms with van der Waals surface area (Å²) in [5.74, 6) is -4.01. The first-order chi connectivity index (χ1) is 12.9. The second-order valence-corrected chi connectivity index (χ2v) is 6.25. The van der Waals surface area contributed by atoms with Crippen LogP contribution < -0.4 is 0 Å². The van der Waals surface area contributed by atoms with Gasteiger partial charge in [-0.25, -0.2) is 0 Å². The molecule has 0 aliphatic rings. The summed E-state index contributed by atoms with van der Waals surface area (Å²) in [5, 5.41) is 0. The second-order valence-electron chi connectivity index (χ2n) is 6.25. The first kappa shape index (κ1) is 22.5. The lowest BCUT2D eigenvalue weighted by Gasteiger charge is -2.23. The summed E-state index contributed by atoms with van der Waals surface area (Å²) in [6.07, 6.45) is 1.68. The fourth-order valence-electron chi connectivity index (χ4n) is 2.89. The van der Waals surface area contributed by atoms with Crippen LogP contribution >= 0.6 is 0 Å². The third-order valence-corrected chi connectivity index (χ3v) is 4.12. The predicted molar refractivity (Wildman–Crippen MR) is 100 cm³/mol. The Morgan fingerprint density at radius 3 is 1.85 bits per heavy atom. The van der Waals surface area contributed by atoms with E-state index in [4.69, 9.17) is 9.47 Å². The molecule has 6 nitrogen and oxygen atoms in total. The Morgan fingerprint density at radius 2 is 1.37 bits per heavy atom. The summed E-state index contributed by atoms with van der Waals surface area (Å²) in [7, 11) is 0. The molecule has 0 aliphatic heterocycles. The third-order valence-electron chi connectivity index (χ3n) is 4.12. The van der Waals surface area contributed by atoms with Gasteiger partial charge in [0.05, 0.1) is 19.1 Å². The summed E-state index contributed by atoms with van der Waals surface area (Å²) < 4.78 is 10.1. The minimum absolute atomic E-state index is 0.0676. The number of benzene rings is 1. The summed E-state index contributed by atoms with van der Waals surface area (Å²) >= 11 is 0. The zero-order valence-corrected chi connectivity index (χ0v) is 16.2. The van der Waals surface area contributed by atoms with E-state index < -0.39 is 23.8 Å². The van der Waals surface area contributed by atoms with Crippen molar-refractivity contribution < 1.29 is 28.7 Å². The highest BCUT2D eigenvalue weighted by Gasteiger charge is 2.42. The van der Waals surface area contributed by atoms with Crippen LogP contribution in [0.3, 0.4) is 0 Å². The van der Waals surface area contributed by atoms with Gasteiger partial charge < -0.3 is 14.3 Å². The van der Waals surface area contributed by atoms with Crippen molar-refractivity contribution in [1.82, 2.24) is 0 Å². The summed E-state index contributed by atoms with van der Waals surface area (Å²) in [5.41, 5.74) is 0.570. The zero-order valence-electron chi connectivity index (χ0n) is 16.2. The largest absolute Gasteiger partial charge is 0.465 e. The van der Waals surface area contributed by atoms with Gasteiger partial charge in [-0.3, -0.25) is 14.4 Å². The Morgan fingerprint density at radius 1 is 0.852 bits per heavy atom. The van der Waals surface area contributed by atoms with Gasteiger partial charge in [-0.05, 0) is 39.2 Å². The van der Waals surface area contributed by atoms with E-state index in [1.165, 1.54) is 6.92 Å². The van der Waals surface area contributed by atoms with Gasteiger partial charge in [-0.15, -0.1) is 0 Å². The first-order valence-corrected chi connectivity index (χ1v) is 9.32. The number of unbranched alkanes of at least 4 members (excludes halogenated alkanes) is 1. The molecule has 0 aromatic heterocycles. The van der Waals surface area contributed by atoms with Gasteiger partial charge in [0.25, 0.3) is 0 Å². The Balaban J connectivity index is 3.12. The summed E-state index contributed by atoms with van der Waals surface area (Å²) in [6.45, 7) is 4.99. The van der Waals surface area contributed by atoms with E-state index in [0.29, 0.717) is 24.8 Å². The molecule has 1 rings (SSSR count). The van der Waals surface area contributed by atoms with E-state index in [-0.39, 0.29) is 31.2 Å². The van der Waals surface area contributed by atoms with Gasteiger partial charge in [0.2, 0.25) is 0 Å². The number of carbonyl (C=O) groups is 4. The quantitative estimate of drug-likeness (QED) is 0.316. The lowest BCUT2D eigenvalue weighted by molar-refractivity contribution is -0.164. The minimum atomic E-state index is -1.34. The highest BCUT2D eigenvalue weighted by molar-refractivity contribution is 6.03. The fourth-order valence-corrected chi connectivity index (χ4v) is 2.89. The number of ketones is 2. The summed E-state index contributed by atoms with van der Waals surface area (Å²) in [4.78, 5) is 49.0. The minimum Gasteiger partial charge on any atom is -0.465 e. The molecule has 6 heteroatoms. The average molecular weight is 376 g/mol. The molecule has 0 radical (unpaired) electrons. The van der Waals surface area contributed by atoms with Gasteiger partial charge in [0.1, 0.15) is 11.6 Å². The van der Waals surface area contributed by atoms with Crippen LogP contribution in [0.4, 0.5) is 0 Å². The van der Waals surface area contributed by atoms with Crippen LogP contribution in [0.1, 0.15) is 57.9 Å². The normalized spacial score (nSPS) is 11.7. The van der Waals surface area contributed by atoms with E-state index in [1.807, 2.05) is 0 Å². The van der Waals surface area contributed by atoms with Crippen LogP contribution in [-0.2, 0) is 28.7 Å². The zero-order chi connectivity index (χ0) is 20.2. The van der Waals surface area contributed by atoms with Crippen LogP contribution in [0.2, 0.25) is 0 Å².